The third-order valence-electron chi connectivity index (χ3n) is 3.96. The van der Waals surface area contributed by atoms with Gasteiger partial charge in [-0.25, -0.2) is 0 Å². The molecular weight excluding hydrogens is 286 g/mol. The molecule has 1 aliphatic rings. The van der Waals surface area contributed by atoms with E-state index in [1.807, 2.05) is 19.1 Å². The second kappa shape index (κ2) is 6.08. The van der Waals surface area contributed by atoms with E-state index in [0.717, 1.165) is 11.1 Å². The standard InChI is InChI=1S/C16H19NO5/c1-9-7-10-3-2-4-11(15(10)22-9)16(20)17-12-5-6-21-13(8-18)14(12)19/h2-4,7,12-14,18-19H,5-6,8H2,1H3,(H,17,20)/t12-,13+,14-/m0/s1. The fourth-order valence-electron chi connectivity index (χ4n) is 2.81. The van der Waals surface area contributed by atoms with E-state index >= 15 is 0 Å². The number of furan rings is 1. The van der Waals surface area contributed by atoms with Gasteiger partial charge >= 0.3 is 0 Å². The number of ether oxygens (including phenoxy) is 1. The summed E-state index contributed by atoms with van der Waals surface area (Å²) in [6, 6.07) is 6.79. The zero-order valence-electron chi connectivity index (χ0n) is 12.3. The molecule has 1 saturated heterocycles. The highest BCUT2D eigenvalue weighted by Crippen LogP contribution is 2.23. The Bertz CT molecular complexity index is 680. The molecule has 6 nitrogen and oxygen atoms in total. The van der Waals surface area contributed by atoms with Crippen LogP contribution in [0, 0.1) is 6.92 Å². The predicted molar refractivity (Wildman–Crippen MR) is 79.7 cm³/mol. The van der Waals surface area contributed by atoms with Crippen LogP contribution in [0.15, 0.2) is 28.7 Å². The van der Waals surface area contributed by atoms with Crippen molar-refractivity contribution in [2.24, 2.45) is 0 Å². The second-order valence-corrected chi connectivity index (χ2v) is 5.53. The van der Waals surface area contributed by atoms with Crippen LogP contribution in [0.25, 0.3) is 11.0 Å². The molecule has 0 spiro atoms. The molecule has 0 radical (unpaired) electrons. The lowest BCUT2D eigenvalue weighted by atomic mass is 9.99. The number of hydrogen-bond acceptors (Lipinski definition) is 5. The molecule has 118 valence electrons. The molecule has 3 atom stereocenters. The van der Waals surface area contributed by atoms with Crippen LogP contribution in [0.2, 0.25) is 0 Å². The normalized spacial score (nSPS) is 25.3. The SMILES string of the molecule is Cc1cc2cccc(C(=O)N[C@H]3CCO[C@H](CO)[C@H]3O)c2o1. The van der Waals surface area contributed by atoms with Gasteiger partial charge in [0.25, 0.3) is 5.91 Å². The van der Waals surface area contributed by atoms with E-state index in [9.17, 15) is 9.90 Å². The maximum Gasteiger partial charge on any atom is 0.255 e. The number of amides is 1. The van der Waals surface area contributed by atoms with Crippen LogP contribution in [0.3, 0.4) is 0 Å². The fourth-order valence-corrected chi connectivity index (χ4v) is 2.81. The highest BCUT2D eigenvalue weighted by molar-refractivity contribution is 6.05. The maximum absolute atomic E-state index is 12.5. The molecule has 1 fully saturated rings. The molecule has 1 aromatic heterocycles. The molecule has 0 saturated carbocycles. The Labute approximate surface area is 127 Å². The van der Waals surface area contributed by atoms with Crippen molar-refractivity contribution < 1.29 is 24.2 Å². The Morgan fingerprint density at radius 2 is 2.27 bits per heavy atom. The Kier molecular flexibility index (Phi) is 4.15. The van der Waals surface area contributed by atoms with Gasteiger partial charge in [-0.1, -0.05) is 12.1 Å². The molecule has 0 aliphatic carbocycles. The third kappa shape index (κ3) is 2.72. The summed E-state index contributed by atoms with van der Waals surface area (Å²) in [5.41, 5.74) is 0.975. The molecule has 2 aromatic rings. The van der Waals surface area contributed by atoms with Crippen LogP contribution in [0.4, 0.5) is 0 Å². The van der Waals surface area contributed by atoms with Gasteiger partial charge in [0.2, 0.25) is 0 Å². The minimum absolute atomic E-state index is 0.277. The number of fused-ring (bicyclic) bond motifs is 1. The molecule has 6 heteroatoms. The highest BCUT2D eigenvalue weighted by atomic mass is 16.5. The van der Waals surface area contributed by atoms with Gasteiger partial charge in [-0.3, -0.25) is 4.79 Å². The monoisotopic (exact) mass is 305 g/mol. The van der Waals surface area contributed by atoms with Crippen LogP contribution in [-0.4, -0.2) is 47.6 Å². The zero-order chi connectivity index (χ0) is 15.7. The van der Waals surface area contributed by atoms with E-state index < -0.39 is 18.2 Å². The molecule has 2 heterocycles. The van der Waals surface area contributed by atoms with Crippen molar-refractivity contribution in [1.29, 1.82) is 0 Å². The number of para-hydroxylation sites is 1. The van der Waals surface area contributed by atoms with Crippen LogP contribution < -0.4 is 5.32 Å². The van der Waals surface area contributed by atoms with Crippen LogP contribution in [0.5, 0.6) is 0 Å². The van der Waals surface area contributed by atoms with E-state index in [1.165, 1.54) is 0 Å². The maximum atomic E-state index is 12.5. The number of aliphatic hydroxyl groups excluding tert-OH is 2. The van der Waals surface area contributed by atoms with Crippen molar-refractivity contribution in [2.75, 3.05) is 13.2 Å². The molecule has 3 rings (SSSR count). The van der Waals surface area contributed by atoms with Crippen molar-refractivity contribution in [2.45, 2.75) is 31.6 Å². The lowest BCUT2D eigenvalue weighted by molar-refractivity contribution is -0.107. The first-order valence-corrected chi connectivity index (χ1v) is 7.30. The first-order valence-electron chi connectivity index (χ1n) is 7.30. The zero-order valence-corrected chi connectivity index (χ0v) is 12.3. The van der Waals surface area contributed by atoms with Gasteiger partial charge in [0.15, 0.2) is 0 Å². The number of hydrogen-bond donors (Lipinski definition) is 3. The van der Waals surface area contributed by atoms with E-state index in [1.54, 1.807) is 12.1 Å². The number of aryl methyl sites for hydroxylation is 1. The Balaban J connectivity index is 1.81. The minimum Gasteiger partial charge on any atom is -0.461 e. The lowest BCUT2D eigenvalue weighted by Gasteiger charge is -2.34. The Hall–Kier alpha value is -1.89. The van der Waals surface area contributed by atoms with Crippen molar-refractivity contribution >= 4 is 16.9 Å². The lowest BCUT2D eigenvalue weighted by Crippen LogP contribution is -2.54. The smallest absolute Gasteiger partial charge is 0.255 e. The quantitative estimate of drug-likeness (QED) is 0.786. The molecule has 1 aliphatic heterocycles. The molecule has 1 amide bonds. The van der Waals surface area contributed by atoms with Gasteiger partial charge in [0, 0.05) is 12.0 Å². The number of benzene rings is 1. The number of carbonyl (C=O) groups is 1. The van der Waals surface area contributed by atoms with Gasteiger partial charge in [0.1, 0.15) is 23.6 Å². The Morgan fingerprint density at radius 1 is 1.45 bits per heavy atom. The average molecular weight is 305 g/mol. The Morgan fingerprint density at radius 3 is 3.05 bits per heavy atom. The average Bonchev–Trinajstić information content (AvgIpc) is 2.89. The summed E-state index contributed by atoms with van der Waals surface area (Å²) in [5, 5.41) is 23.0. The van der Waals surface area contributed by atoms with Gasteiger partial charge in [-0.2, -0.15) is 0 Å². The van der Waals surface area contributed by atoms with E-state index in [2.05, 4.69) is 5.32 Å². The van der Waals surface area contributed by atoms with E-state index in [4.69, 9.17) is 14.3 Å². The number of rotatable bonds is 3. The van der Waals surface area contributed by atoms with E-state index in [-0.39, 0.29) is 12.5 Å². The minimum atomic E-state index is -0.930. The van der Waals surface area contributed by atoms with E-state index in [0.29, 0.717) is 24.2 Å². The third-order valence-corrected chi connectivity index (χ3v) is 3.96. The van der Waals surface area contributed by atoms with Crippen LogP contribution >= 0.6 is 0 Å². The fraction of sp³-hybridized carbons (Fsp3) is 0.438. The summed E-state index contributed by atoms with van der Waals surface area (Å²) in [7, 11) is 0. The van der Waals surface area contributed by atoms with Crippen molar-refractivity contribution in [3.05, 3.63) is 35.6 Å². The summed E-state index contributed by atoms with van der Waals surface area (Å²) >= 11 is 0. The first kappa shape index (κ1) is 15.0. The number of aliphatic hydroxyl groups is 2. The van der Waals surface area contributed by atoms with Gasteiger partial charge in [0.05, 0.1) is 18.2 Å². The summed E-state index contributed by atoms with van der Waals surface area (Å²) in [5.74, 6) is 0.435. The van der Waals surface area contributed by atoms with Crippen molar-refractivity contribution in [3.8, 4) is 0 Å². The molecule has 1 aromatic carbocycles. The van der Waals surface area contributed by atoms with Crippen LogP contribution in [-0.2, 0) is 4.74 Å². The van der Waals surface area contributed by atoms with Gasteiger partial charge in [-0.05, 0) is 25.5 Å². The summed E-state index contributed by atoms with van der Waals surface area (Å²) in [6.45, 7) is 1.94. The molecule has 0 unspecified atom stereocenters. The number of nitrogens with one attached hydrogen (secondary N) is 1. The van der Waals surface area contributed by atoms with Crippen molar-refractivity contribution in [1.82, 2.24) is 5.32 Å². The largest absolute Gasteiger partial charge is 0.461 e. The summed E-state index contributed by atoms with van der Waals surface area (Å²) < 4.78 is 10.9. The van der Waals surface area contributed by atoms with Crippen LogP contribution in [0.1, 0.15) is 22.5 Å². The molecule has 0 bridgehead atoms. The second-order valence-electron chi connectivity index (χ2n) is 5.53. The highest BCUT2D eigenvalue weighted by Gasteiger charge is 2.33. The van der Waals surface area contributed by atoms with Crippen molar-refractivity contribution in [3.63, 3.8) is 0 Å². The topological polar surface area (TPSA) is 91.9 Å². The van der Waals surface area contributed by atoms with Gasteiger partial charge < -0.3 is 24.7 Å². The summed E-state index contributed by atoms with van der Waals surface area (Å²) in [4.78, 5) is 12.5. The number of carbonyl (C=O) groups excluding carboxylic acids is 1. The van der Waals surface area contributed by atoms with Gasteiger partial charge in [-0.15, -0.1) is 0 Å². The molecule has 3 N–H and O–H groups in total. The molecular formula is C16H19NO5. The molecule has 22 heavy (non-hydrogen) atoms. The predicted octanol–water partition coefficient (Wildman–Crippen LogP) is 0.982. The summed E-state index contributed by atoms with van der Waals surface area (Å²) in [6.07, 6.45) is -1.10. The first-order chi connectivity index (χ1) is 10.6.